The molecule has 1 atom stereocenters. The number of aromatic amines is 1. The fourth-order valence-corrected chi connectivity index (χ4v) is 1.71. The number of H-pyrrole nitrogens is 1. The minimum Gasteiger partial charge on any atom is -0.375 e. The van der Waals surface area contributed by atoms with Gasteiger partial charge in [-0.05, 0) is 25.1 Å². The summed E-state index contributed by atoms with van der Waals surface area (Å²) in [5.41, 5.74) is -1.12. The van der Waals surface area contributed by atoms with Crippen LogP contribution in [0.15, 0.2) is 24.5 Å². The molecular formula is C12H10F3N5. The van der Waals surface area contributed by atoms with Crippen molar-refractivity contribution >= 4 is 5.69 Å². The Morgan fingerprint density at radius 1 is 1.40 bits per heavy atom. The van der Waals surface area contributed by atoms with Crippen LogP contribution in [-0.4, -0.2) is 15.2 Å². The van der Waals surface area contributed by atoms with Gasteiger partial charge in [0.05, 0.1) is 23.2 Å². The molecule has 2 rings (SSSR count). The van der Waals surface area contributed by atoms with Crippen LogP contribution in [0.1, 0.15) is 29.9 Å². The van der Waals surface area contributed by atoms with Gasteiger partial charge in [0.25, 0.3) is 0 Å². The van der Waals surface area contributed by atoms with E-state index in [1.54, 1.807) is 6.92 Å². The molecule has 0 radical (unpaired) electrons. The van der Waals surface area contributed by atoms with Gasteiger partial charge < -0.3 is 5.32 Å². The van der Waals surface area contributed by atoms with Crippen molar-refractivity contribution < 1.29 is 13.2 Å². The van der Waals surface area contributed by atoms with Gasteiger partial charge >= 0.3 is 6.18 Å². The lowest BCUT2D eigenvalue weighted by Gasteiger charge is -2.15. The second-order valence-electron chi connectivity index (χ2n) is 4.11. The predicted molar refractivity (Wildman–Crippen MR) is 64.6 cm³/mol. The van der Waals surface area contributed by atoms with E-state index in [2.05, 4.69) is 20.5 Å². The molecule has 0 aliphatic heterocycles. The van der Waals surface area contributed by atoms with Gasteiger partial charge in [-0.2, -0.15) is 23.5 Å². The zero-order valence-corrected chi connectivity index (χ0v) is 10.4. The fourth-order valence-electron chi connectivity index (χ4n) is 1.71. The minimum atomic E-state index is -4.57. The molecule has 5 nitrogen and oxygen atoms in total. The molecule has 2 N–H and O–H groups in total. The SMILES string of the molecule is CC(Nc1ccc(C#N)c(C(F)(F)F)c1)c1ncn[nH]1. The zero-order valence-electron chi connectivity index (χ0n) is 10.4. The molecule has 0 saturated heterocycles. The third kappa shape index (κ3) is 2.88. The van der Waals surface area contributed by atoms with E-state index in [0.29, 0.717) is 5.82 Å². The van der Waals surface area contributed by atoms with Crippen molar-refractivity contribution in [2.24, 2.45) is 0 Å². The lowest BCUT2D eigenvalue weighted by molar-refractivity contribution is -0.137. The third-order valence-corrected chi connectivity index (χ3v) is 2.67. The first-order valence-corrected chi connectivity index (χ1v) is 5.65. The molecule has 0 bridgehead atoms. The summed E-state index contributed by atoms with van der Waals surface area (Å²) in [5, 5.41) is 17.9. The van der Waals surface area contributed by atoms with E-state index in [4.69, 9.17) is 5.26 Å². The number of nitrogens with zero attached hydrogens (tertiary/aromatic N) is 3. The molecule has 1 heterocycles. The van der Waals surface area contributed by atoms with E-state index in [-0.39, 0.29) is 11.7 Å². The van der Waals surface area contributed by atoms with E-state index in [1.165, 1.54) is 18.5 Å². The smallest absolute Gasteiger partial charge is 0.375 e. The molecule has 0 saturated carbocycles. The number of nitriles is 1. The van der Waals surface area contributed by atoms with Crippen LogP contribution in [-0.2, 0) is 6.18 Å². The van der Waals surface area contributed by atoms with Crippen LogP contribution >= 0.6 is 0 Å². The van der Waals surface area contributed by atoms with Crippen LogP contribution in [0.3, 0.4) is 0 Å². The van der Waals surface area contributed by atoms with Gasteiger partial charge in [-0.15, -0.1) is 0 Å². The van der Waals surface area contributed by atoms with Crippen LogP contribution in [0.5, 0.6) is 0 Å². The third-order valence-electron chi connectivity index (χ3n) is 2.67. The van der Waals surface area contributed by atoms with E-state index in [9.17, 15) is 13.2 Å². The van der Waals surface area contributed by atoms with Crippen LogP contribution < -0.4 is 5.32 Å². The van der Waals surface area contributed by atoms with E-state index in [0.717, 1.165) is 12.1 Å². The van der Waals surface area contributed by atoms with Crippen molar-refractivity contribution in [1.29, 1.82) is 5.26 Å². The Morgan fingerprint density at radius 2 is 2.15 bits per heavy atom. The molecule has 2 aromatic rings. The van der Waals surface area contributed by atoms with Crippen LogP contribution in [0.25, 0.3) is 0 Å². The first-order chi connectivity index (χ1) is 9.41. The Balaban J connectivity index is 2.28. The highest BCUT2D eigenvalue weighted by atomic mass is 19.4. The summed E-state index contributed by atoms with van der Waals surface area (Å²) >= 11 is 0. The van der Waals surface area contributed by atoms with Crippen LogP contribution in [0.2, 0.25) is 0 Å². The highest BCUT2D eigenvalue weighted by Crippen LogP contribution is 2.34. The van der Waals surface area contributed by atoms with Gasteiger partial charge in [0.2, 0.25) is 0 Å². The number of hydrogen-bond acceptors (Lipinski definition) is 4. The molecule has 1 unspecified atom stereocenters. The Hall–Kier alpha value is -2.56. The average molecular weight is 281 g/mol. The molecule has 104 valence electrons. The largest absolute Gasteiger partial charge is 0.417 e. The fraction of sp³-hybridized carbons (Fsp3) is 0.250. The van der Waals surface area contributed by atoms with Crippen molar-refractivity contribution in [3.63, 3.8) is 0 Å². The average Bonchev–Trinajstić information content (AvgIpc) is 2.91. The molecule has 0 fully saturated rings. The molecule has 0 aliphatic carbocycles. The quantitative estimate of drug-likeness (QED) is 0.906. The molecule has 1 aromatic heterocycles. The van der Waals surface area contributed by atoms with Crippen LogP contribution in [0.4, 0.5) is 18.9 Å². The molecule has 1 aromatic carbocycles. The maximum absolute atomic E-state index is 12.8. The van der Waals surface area contributed by atoms with Gasteiger partial charge in [-0.25, -0.2) is 4.98 Å². The summed E-state index contributed by atoms with van der Waals surface area (Å²) in [5.74, 6) is 0.503. The summed E-state index contributed by atoms with van der Waals surface area (Å²) in [4.78, 5) is 3.91. The second-order valence-corrected chi connectivity index (χ2v) is 4.11. The van der Waals surface area contributed by atoms with E-state index in [1.807, 2.05) is 0 Å². The molecule has 20 heavy (non-hydrogen) atoms. The lowest BCUT2D eigenvalue weighted by Crippen LogP contribution is -2.12. The number of rotatable bonds is 3. The van der Waals surface area contributed by atoms with Crippen molar-refractivity contribution in [1.82, 2.24) is 15.2 Å². The van der Waals surface area contributed by atoms with Crippen molar-refractivity contribution in [3.05, 3.63) is 41.5 Å². The van der Waals surface area contributed by atoms with Gasteiger partial charge in [-0.1, -0.05) is 0 Å². The molecular weight excluding hydrogens is 271 g/mol. The number of nitrogens with one attached hydrogen (secondary N) is 2. The van der Waals surface area contributed by atoms with Gasteiger partial charge in [0.1, 0.15) is 12.2 Å². The summed E-state index contributed by atoms with van der Waals surface area (Å²) in [7, 11) is 0. The van der Waals surface area contributed by atoms with Gasteiger partial charge in [0.15, 0.2) is 0 Å². The Morgan fingerprint density at radius 3 is 2.70 bits per heavy atom. The summed E-state index contributed by atoms with van der Waals surface area (Å²) in [6, 6.07) is 4.66. The number of halogens is 3. The summed E-state index contributed by atoms with van der Waals surface area (Å²) in [6.07, 6.45) is -3.26. The summed E-state index contributed by atoms with van der Waals surface area (Å²) in [6.45, 7) is 1.73. The van der Waals surface area contributed by atoms with Crippen molar-refractivity contribution in [3.8, 4) is 6.07 Å². The zero-order chi connectivity index (χ0) is 14.8. The number of alkyl halides is 3. The van der Waals surface area contributed by atoms with Crippen LogP contribution in [0, 0.1) is 11.3 Å². The Labute approximate surface area is 112 Å². The van der Waals surface area contributed by atoms with E-state index >= 15 is 0 Å². The number of aromatic nitrogens is 3. The predicted octanol–water partition coefficient (Wildman–Crippen LogP) is 2.87. The molecule has 8 heteroatoms. The number of benzene rings is 1. The minimum absolute atomic E-state index is 0.250. The highest BCUT2D eigenvalue weighted by Gasteiger charge is 2.33. The first-order valence-electron chi connectivity index (χ1n) is 5.65. The molecule has 0 aliphatic rings. The number of anilines is 1. The van der Waals surface area contributed by atoms with Gasteiger partial charge in [-0.3, -0.25) is 5.10 Å². The maximum Gasteiger partial charge on any atom is 0.417 e. The summed E-state index contributed by atoms with van der Waals surface area (Å²) < 4.78 is 38.5. The van der Waals surface area contributed by atoms with Crippen molar-refractivity contribution in [2.45, 2.75) is 19.1 Å². The Bertz CT molecular complexity index is 628. The maximum atomic E-state index is 12.8. The molecule has 0 amide bonds. The monoisotopic (exact) mass is 281 g/mol. The Kier molecular flexibility index (Phi) is 3.61. The van der Waals surface area contributed by atoms with Crippen molar-refractivity contribution in [2.75, 3.05) is 5.32 Å². The second kappa shape index (κ2) is 5.21. The highest BCUT2D eigenvalue weighted by molar-refractivity contribution is 5.53. The first kappa shape index (κ1) is 13.9. The van der Waals surface area contributed by atoms with Gasteiger partial charge in [0, 0.05) is 5.69 Å². The standard InChI is InChI=1S/C12H10F3N5/c1-7(11-17-6-18-20-11)19-9-3-2-8(5-16)10(4-9)12(13,14)15/h2-4,6-7,19H,1H3,(H,17,18,20). The van der Waals surface area contributed by atoms with E-state index < -0.39 is 17.3 Å². The molecule has 0 spiro atoms. The number of hydrogen-bond donors (Lipinski definition) is 2. The normalized spacial score (nSPS) is 12.8. The topological polar surface area (TPSA) is 77.4 Å². The lowest BCUT2D eigenvalue weighted by atomic mass is 10.1.